The topological polar surface area (TPSA) is 29.3 Å². The standard InChI is InChI=1S/C11H26N2S/c1-4-8-13(5-2)11(10-12)7-9-14-6-3/h11H,4-10,12H2,1-3H3. The molecule has 2 N–H and O–H groups in total. The van der Waals surface area contributed by atoms with Crippen LogP contribution < -0.4 is 5.73 Å². The Morgan fingerprint density at radius 1 is 1.29 bits per heavy atom. The summed E-state index contributed by atoms with van der Waals surface area (Å²) in [6.45, 7) is 9.80. The normalized spacial score (nSPS) is 13.5. The predicted octanol–water partition coefficient (Wildman–Crippen LogP) is 2.19. The number of nitrogens with zero attached hydrogens (tertiary/aromatic N) is 1. The molecule has 0 aromatic heterocycles. The van der Waals surface area contributed by atoms with E-state index < -0.39 is 0 Å². The third-order valence-corrected chi connectivity index (χ3v) is 3.44. The lowest BCUT2D eigenvalue weighted by Crippen LogP contribution is -2.41. The Balaban J connectivity index is 3.81. The van der Waals surface area contributed by atoms with E-state index in [2.05, 4.69) is 25.7 Å². The Kier molecular flexibility index (Phi) is 10.0. The van der Waals surface area contributed by atoms with Crippen molar-refractivity contribution in [2.45, 2.75) is 39.7 Å². The molecule has 0 spiro atoms. The van der Waals surface area contributed by atoms with E-state index >= 15 is 0 Å². The Morgan fingerprint density at radius 3 is 2.43 bits per heavy atom. The molecule has 1 atom stereocenters. The van der Waals surface area contributed by atoms with Crippen LogP contribution in [0, 0.1) is 0 Å². The molecule has 2 nitrogen and oxygen atoms in total. The SMILES string of the molecule is CCCN(CC)C(CN)CCSCC. The summed E-state index contributed by atoms with van der Waals surface area (Å²) in [5, 5.41) is 0. The van der Waals surface area contributed by atoms with Gasteiger partial charge in [-0.3, -0.25) is 4.90 Å². The minimum atomic E-state index is 0.596. The molecule has 0 aliphatic heterocycles. The maximum atomic E-state index is 5.81. The van der Waals surface area contributed by atoms with E-state index in [0.717, 1.165) is 13.1 Å². The average molecular weight is 218 g/mol. The first kappa shape index (κ1) is 14.3. The maximum absolute atomic E-state index is 5.81. The van der Waals surface area contributed by atoms with Crippen LogP contribution >= 0.6 is 11.8 Å². The summed E-state index contributed by atoms with van der Waals surface area (Å²) in [6.07, 6.45) is 2.47. The zero-order chi connectivity index (χ0) is 10.8. The lowest BCUT2D eigenvalue weighted by atomic mass is 10.2. The van der Waals surface area contributed by atoms with E-state index in [9.17, 15) is 0 Å². The van der Waals surface area contributed by atoms with Crippen molar-refractivity contribution in [2.75, 3.05) is 31.1 Å². The fourth-order valence-electron chi connectivity index (χ4n) is 1.70. The molecule has 86 valence electrons. The third-order valence-electron chi connectivity index (χ3n) is 2.51. The van der Waals surface area contributed by atoms with Crippen LogP contribution in [0.5, 0.6) is 0 Å². The average Bonchev–Trinajstić information content (AvgIpc) is 2.22. The van der Waals surface area contributed by atoms with Gasteiger partial charge in [0.15, 0.2) is 0 Å². The molecule has 0 saturated heterocycles. The van der Waals surface area contributed by atoms with Gasteiger partial charge >= 0.3 is 0 Å². The van der Waals surface area contributed by atoms with Crippen molar-refractivity contribution in [3.63, 3.8) is 0 Å². The molecule has 0 bridgehead atoms. The molecule has 0 aromatic rings. The van der Waals surface area contributed by atoms with Crippen LogP contribution in [0.2, 0.25) is 0 Å². The van der Waals surface area contributed by atoms with Crippen molar-refractivity contribution in [1.82, 2.24) is 4.90 Å². The van der Waals surface area contributed by atoms with E-state index in [4.69, 9.17) is 5.73 Å². The number of hydrogen-bond donors (Lipinski definition) is 1. The highest BCUT2D eigenvalue weighted by Crippen LogP contribution is 2.09. The summed E-state index contributed by atoms with van der Waals surface area (Å²) in [5.41, 5.74) is 5.81. The highest BCUT2D eigenvalue weighted by atomic mass is 32.2. The van der Waals surface area contributed by atoms with Gasteiger partial charge < -0.3 is 5.73 Å². The molecule has 0 aliphatic carbocycles. The third kappa shape index (κ3) is 5.89. The van der Waals surface area contributed by atoms with E-state index in [-0.39, 0.29) is 0 Å². The summed E-state index contributed by atoms with van der Waals surface area (Å²) in [5.74, 6) is 2.47. The van der Waals surface area contributed by atoms with Crippen molar-refractivity contribution in [2.24, 2.45) is 5.73 Å². The first-order valence-electron chi connectivity index (χ1n) is 5.81. The van der Waals surface area contributed by atoms with Crippen LogP contribution in [0.4, 0.5) is 0 Å². The summed E-state index contributed by atoms with van der Waals surface area (Å²) in [4.78, 5) is 2.51. The van der Waals surface area contributed by atoms with Crippen molar-refractivity contribution in [3.05, 3.63) is 0 Å². The van der Waals surface area contributed by atoms with Gasteiger partial charge in [-0.25, -0.2) is 0 Å². The Morgan fingerprint density at radius 2 is 2.00 bits per heavy atom. The summed E-state index contributed by atoms with van der Waals surface area (Å²) < 4.78 is 0. The summed E-state index contributed by atoms with van der Waals surface area (Å²) in [7, 11) is 0. The molecule has 0 rings (SSSR count). The minimum absolute atomic E-state index is 0.596. The fraction of sp³-hybridized carbons (Fsp3) is 1.00. The van der Waals surface area contributed by atoms with Crippen LogP contribution in [0.25, 0.3) is 0 Å². The number of rotatable bonds is 9. The van der Waals surface area contributed by atoms with Gasteiger partial charge in [0.2, 0.25) is 0 Å². The molecule has 3 heteroatoms. The van der Waals surface area contributed by atoms with E-state index in [1.165, 1.54) is 30.9 Å². The van der Waals surface area contributed by atoms with Crippen molar-refractivity contribution < 1.29 is 0 Å². The number of hydrogen-bond acceptors (Lipinski definition) is 3. The van der Waals surface area contributed by atoms with Crippen LogP contribution in [-0.2, 0) is 0 Å². The molecule has 0 amide bonds. The number of thioether (sulfide) groups is 1. The van der Waals surface area contributed by atoms with Gasteiger partial charge in [0.05, 0.1) is 0 Å². The van der Waals surface area contributed by atoms with Gasteiger partial charge in [0.1, 0.15) is 0 Å². The first-order chi connectivity index (χ1) is 6.79. The smallest absolute Gasteiger partial charge is 0.0226 e. The Hall–Kier alpha value is 0.270. The molecule has 0 saturated carbocycles. The molecule has 1 unspecified atom stereocenters. The number of likely N-dealkylation sites (N-methyl/N-ethyl adjacent to an activating group) is 1. The Bertz CT molecular complexity index is 120. The van der Waals surface area contributed by atoms with Gasteiger partial charge in [0.25, 0.3) is 0 Å². The predicted molar refractivity (Wildman–Crippen MR) is 68.0 cm³/mol. The summed E-state index contributed by atoms with van der Waals surface area (Å²) in [6, 6.07) is 0.596. The van der Waals surface area contributed by atoms with Gasteiger partial charge in [-0.1, -0.05) is 20.8 Å². The molecule has 14 heavy (non-hydrogen) atoms. The van der Waals surface area contributed by atoms with Gasteiger partial charge in [-0.2, -0.15) is 11.8 Å². The zero-order valence-corrected chi connectivity index (χ0v) is 10.8. The van der Waals surface area contributed by atoms with Gasteiger partial charge in [0, 0.05) is 12.6 Å². The molecular weight excluding hydrogens is 192 g/mol. The molecule has 0 fully saturated rings. The van der Waals surface area contributed by atoms with E-state index in [0.29, 0.717) is 6.04 Å². The molecule has 0 aliphatic rings. The number of nitrogens with two attached hydrogens (primary N) is 1. The largest absolute Gasteiger partial charge is 0.329 e. The quantitative estimate of drug-likeness (QED) is 0.602. The van der Waals surface area contributed by atoms with E-state index in [1.807, 2.05) is 11.8 Å². The van der Waals surface area contributed by atoms with Crippen molar-refractivity contribution in [1.29, 1.82) is 0 Å². The monoisotopic (exact) mass is 218 g/mol. The second kappa shape index (κ2) is 9.81. The van der Waals surface area contributed by atoms with E-state index in [1.54, 1.807) is 0 Å². The van der Waals surface area contributed by atoms with Crippen LogP contribution in [-0.4, -0.2) is 42.1 Å². The fourth-order valence-corrected chi connectivity index (χ4v) is 2.43. The maximum Gasteiger partial charge on any atom is 0.0226 e. The van der Waals surface area contributed by atoms with Crippen molar-refractivity contribution >= 4 is 11.8 Å². The molecule has 0 heterocycles. The van der Waals surface area contributed by atoms with Gasteiger partial charge in [-0.15, -0.1) is 0 Å². The second-order valence-corrected chi connectivity index (χ2v) is 4.90. The first-order valence-corrected chi connectivity index (χ1v) is 6.97. The highest BCUT2D eigenvalue weighted by Gasteiger charge is 2.13. The molecular formula is C11H26N2S. The molecule has 0 radical (unpaired) electrons. The van der Waals surface area contributed by atoms with Gasteiger partial charge in [-0.05, 0) is 37.4 Å². The van der Waals surface area contributed by atoms with Crippen LogP contribution in [0.3, 0.4) is 0 Å². The van der Waals surface area contributed by atoms with Crippen LogP contribution in [0.15, 0.2) is 0 Å². The second-order valence-electron chi connectivity index (χ2n) is 3.50. The zero-order valence-electron chi connectivity index (χ0n) is 9.96. The minimum Gasteiger partial charge on any atom is -0.329 e. The van der Waals surface area contributed by atoms with Crippen LogP contribution in [0.1, 0.15) is 33.6 Å². The lowest BCUT2D eigenvalue weighted by Gasteiger charge is -2.29. The highest BCUT2D eigenvalue weighted by molar-refractivity contribution is 7.99. The summed E-state index contributed by atoms with van der Waals surface area (Å²) >= 11 is 2.02. The Labute approximate surface area is 93.6 Å². The lowest BCUT2D eigenvalue weighted by molar-refractivity contribution is 0.207. The molecule has 0 aromatic carbocycles. The van der Waals surface area contributed by atoms with Crippen molar-refractivity contribution in [3.8, 4) is 0 Å².